The van der Waals surface area contributed by atoms with Gasteiger partial charge in [0, 0.05) is 0 Å². The van der Waals surface area contributed by atoms with Crippen LogP contribution in [0.3, 0.4) is 0 Å². The van der Waals surface area contributed by atoms with Crippen LogP contribution in [0.25, 0.3) is 0 Å². The zero-order valence-electron chi connectivity index (χ0n) is 6.41. The Hall–Kier alpha value is -1.26. The quantitative estimate of drug-likeness (QED) is 0.597. The Kier molecular flexibility index (Phi) is 2.30. The molecular weight excluding hydrogens is 136 g/mol. The predicted octanol–water partition coefficient (Wildman–Crippen LogP) is 1.66. The first-order valence-corrected chi connectivity index (χ1v) is 3.45. The van der Waals surface area contributed by atoms with E-state index < -0.39 is 6.10 Å². The maximum Gasteiger partial charge on any atom is 0.139 e. The maximum absolute atomic E-state index is 9.18. The van der Waals surface area contributed by atoms with Crippen LogP contribution in [0.5, 0.6) is 0 Å². The topological polar surface area (TPSA) is 20.2 Å². The molecule has 0 radical (unpaired) electrons. The highest BCUT2D eigenvalue weighted by Crippen LogP contribution is 2.11. The number of hydrogen-bond donors (Lipinski definition) is 1. The summed E-state index contributed by atoms with van der Waals surface area (Å²) in [5.41, 5.74) is 1.94. The molecule has 0 bridgehead atoms. The normalized spacial score (nSPS) is 12.1. The Morgan fingerprint density at radius 2 is 1.91 bits per heavy atom. The van der Waals surface area contributed by atoms with Crippen LogP contribution in [0.1, 0.15) is 17.2 Å². The molecule has 1 nitrogen and oxygen atoms in total. The van der Waals surface area contributed by atoms with Gasteiger partial charge in [-0.05, 0) is 12.5 Å². The summed E-state index contributed by atoms with van der Waals surface area (Å²) in [5.74, 6) is 2.26. The smallest absolute Gasteiger partial charge is 0.139 e. The Balaban J connectivity index is 2.92. The summed E-state index contributed by atoms with van der Waals surface area (Å²) in [4.78, 5) is 0. The largest absolute Gasteiger partial charge is 0.376 e. The van der Waals surface area contributed by atoms with E-state index in [2.05, 4.69) is 5.92 Å². The van der Waals surface area contributed by atoms with E-state index in [1.54, 1.807) is 0 Å². The molecule has 0 amide bonds. The average Bonchev–Trinajstić information content (AvgIpc) is 2.05. The van der Waals surface area contributed by atoms with Crippen molar-refractivity contribution in [3.63, 3.8) is 0 Å². The van der Waals surface area contributed by atoms with Gasteiger partial charge < -0.3 is 5.11 Å². The summed E-state index contributed by atoms with van der Waals surface area (Å²) in [6.45, 7) is 1.99. The molecule has 1 rings (SSSR count). The fourth-order valence-corrected chi connectivity index (χ4v) is 0.845. The van der Waals surface area contributed by atoms with Crippen molar-refractivity contribution in [3.8, 4) is 12.3 Å². The monoisotopic (exact) mass is 146 g/mol. The van der Waals surface area contributed by atoms with Crippen molar-refractivity contribution in [1.29, 1.82) is 0 Å². The van der Waals surface area contributed by atoms with E-state index in [1.807, 2.05) is 31.2 Å². The van der Waals surface area contributed by atoms with E-state index in [1.165, 1.54) is 0 Å². The molecule has 1 N–H and O–H groups in total. The predicted molar refractivity (Wildman–Crippen MR) is 45.0 cm³/mol. The molecule has 0 saturated heterocycles. The van der Waals surface area contributed by atoms with Crippen LogP contribution in [-0.4, -0.2) is 5.11 Å². The molecule has 11 heavy (non-hydrogen) atoms. The van der Waals surface area contributed by atoms with Gasteiger partial charge in [-0.25, -0.2) is 0 Å². The minimum atomic E-state index is -0.768. The molecule has 1 aromatic rings. The summed E-state index contributed by atoms with van der Waals surface area (Å²) in [5, 5.41) is 9.18. The molecule has 0 aromatic heterocycles. The van der Waals surface area contributed by atoms with Gasteiger partial charge in [0.05, 0.1) is 0 Å². The molecule has 1 aromatic carbocycles. The van der Waals surface area contributed by atoms with E-state index >= 15 is 0 Å². The standard InChI is InChI=1S/C10H10O/c1-3-10(11)9-6-4-8(2)5-7-9/h1,4-7,10-11H,2H3/t10-/m1/s1. The van der Waals surface area contributed by atoms with Gasteiger partial charge in [0.25, 0.3) is 0 Å². The van der Waals surface area contributed by atoms with Gasteiger partial charge in [-0.15, -0.1) is 6.42 Å². The number of rotatable bonds is 1. The van der Waals surface area contributed by atoms with E-state index in [0.717, 1.165) is 11.1 Å². The van der Waals surface area contributed by atoms with E-state index in [4.69, 9.17) is 6.42 Å². The van der Waals surface area contributed by atoms with Crippen molar-refractivity contribution in [2.75, 3.05) is 0 Å². The first-order chi connectivity index (χ1) is 5.24. The lowest BCUT2D eigenvalue weighted by Crippen LogP contribution is -1.92. The van der Waals surface area contributed by atoms with Crippen LogP contribution < -0.4 is 0 Å². The lowest BCUT2D eigenvalue weighted by atomic mass is 10.1. The van der Waals surface area contributed by atoms with Gasteiger partial charge in [0.15, 0.2) is 0 Å². The zero-order chi connectivity index (χ0) is 8.27. The molecule has 0 saturated carbocycles. The highest BCUT2D eigenvalue weighted by atomic mass is 16.3. The SMILES string of the molecule is C#C[C@@H](O)c1ccc(C)cc1. The Labute approximate surface area is 66.7 Å². The lowest BCUT2D eigenvalue weighted by Gasteiger charge is -2.02. The first-order valence-electron chi connectivity index (χ1n) is 3.45. The summed E-state index contributed by atoms with van der Waals surface area (Å²) in [6, 6.07) is 7.52. The minimum absolute atomic E-state index is 0.768. The van der Waals surface area contributed by atoms with Crippen molar-refractivity contribution < 1.29 is 5.11 Å². The van der Waals surface area contributed by atoms with Crippen LogP contribution in [0, 0.1) is 19.3 Å². The second-order valence-corrected chi connectivity index (χ2v) is 2.48. The molecule has 1 heteroatoms. The molecule has 1 atom stereocenters. The number of benzene rings is 1. The number of aliphatic hydroxyl groups is 1. The van der Waals surface area contributed by atoms with Crippen molar-refractivity contribution in [2.45, 2.75) is 13.0 Å². The average molecular weight is 146 g/mol. The molecule has 0 unspecified atom stereocenters. The van der Waals surface area contributed by atoms with Gasteiger partial charge in [-0.3, -0.25) is 0 Å². The molecule has 0 aliphatic rings. The van der Waals surface area contributed by atoms with Crippen LogP contribution in [0.15, 0.2) is 24.3 Å². The summed E-state index contributed by atoms with van der Waals surface area (Å²) < 4.78 is 0. The molecule has 0 fully saturated rings. The number of hydrogen-bond acceptors (Lipinski definition) is 1. The van der Waals surface area contributed by atoms with Gasteiger partial charge in [-0.1, -0.05) is 35.7 Å². The third-order valence-electron chi connectivity index (χ3n) is 1.55. The molecular formula is C10H10O. The van der Waals surface area contributed by atoms with E-state index in [-0.39, 0.29) is 0 Å². The van der Waals surface area contributed by atoms with Crippen molar-refractivity contribution in [2.24, 2.45) is 0 Å². The second kappa shape index (κ2) is 3.23. The van der Waals surface area contributed by atoms with Crippen LogP contribution in [0.4, 0.5) is 0 Å². The number of aryl methyl sites for hydroxylation is 1. The van der Waals surface area contributed by atoms with Gasteiger partial charge in [0.1, 0.15) is 6.10 Å². The third-order valence-corrected chi connectivity index (χ3v) is 1.55. The fourth-order valence-electron chi connectivity index (χ4n) is 0.845. The molecule has 56 valence electrons. The summed E-state index contributed by atoms with van der Waals surface area (Å²) in [7, 11) is 0. The molecule has 0 spiro atoms. The van der Waals surface area contributed by atoms with Crippen LogP contribution in [-0.2, 0) is 0 Å². The maximum atomic E-state index is 9.18. The molecule has 0 heterocycles. The van der Waals surface area contributed by atoms with E-state index in [0.29, 0.717) is 0 Å². The van der Waals surface area contributed by atoms with E-state index in [9.17, 15) is 5.11 Å². The summed E-state index contributed by atoms with van der Waals surface area (Å²) >= 11 is 0. The van der Waals surface area contributed by atoms with Crippen LogP contribution in [0.2, 0.25) is 0 Å². The summed E-state index contributed by atoms with van der Waals surface area (Å²) in [6.07, 6.45) is 4.27. The third kappa shape index (κ3) is 1.83. The Morgan fingerprint density at radius 1 is 1.36 bits per heavy atom. The highest BCUT2D eigenvalue weighted by molar-refractivity contribution is 5.26. The second-order valence-electron chi connectivity index (χ2n) is 2.48. The Bertz CT molecular complexity index is 266. The number of aliphatic hydroxyl groups excluding tert-OH is 1. The highest BCUT2D eigenvalue weighted by Gasteiger charge is 2.00. The first kappa shape index (κ1) is 7.84. The molecule has 0 aliphatic carbocycles. The lowest BCUT2D eigenvalue weighted by molar-refractivity contribution is 0.238. The number of terminal acetylenes is 1. The van der Waals surface area contributed by atoms with Gasteiger partial charge in [0.2, 0.25) is 0 Å². The Morgan fingerprint density at radius 3 is 2.36 bits per heavy atom. The van der Waals surface area contributed by atoms with Crippen molar-refractivity contribution in [3.05, 3.63) is 35.4 Å². The van der Waals surface area contributed by atoms with Crippen molar-refractivity contribution in [1.82, 2.24) is 0 Å². The van der Waals surface area contributed by atoms with Crippen LogP contribution >= 0.6 is 0 Å². The molecule has 0 aliphatic heterocycles. The van der Waals surface area contributed by atoms with Gasteiger partial charge >= 0.3 is 0 Å². The van der Waals surface area contributed by atoms with Gasteiger partial charge in [-0.2, -0.15) is 0 Å². The zero-order valence-corrected chi connectivity index (χ0v) is 6.41. The fraction of sp³-hybridized carbons (Fsp3) is 0.200. The van der Waals surface area contributed by atoms with Crippen molar-refractivity contribution >= 4 is 0 Å². The minimum Gasteiger partial charge on any atom is -0.376 e.